The predicted octanol–water partition coefficient (Wildman–Crippen LogP) is 4.84. The van der Waals surface area contributed by atoms with Crippen LogP contribution in [0.25, 0.3) is 0 Å². The highest BCUT2D eigenvalue weighted by Crippen LogP contribution is 2.47. The predicted molar refractivity (Wildman–Crippen MR) is 134 cm³/mol. The van der Waals surface area contributed by atoms with Crippen LogP contribution in [-0.2, 0) is 5.60 Å². The molecule has 0 spiro atoms. The van der Waals surface area contributed by atoms with Crippen molar-refractivity contribution in [2.45, 2.75) is 24.9 Å². The number of amides is 2. The number of anilines is 2. The summed E-state index contributed by atoms with van der Waals surface area (Å²) in [4.78, 5) is 27.8. The number of carbonyl (C=O) groups is 2. The average Bonchev–Trinajstić information content (AvgIpc) is 3.26. The fourth-order valence-electron chi connectivity index (χ4n) is 4.13. The molecule has 0 bridgehead atoms. The summed E-state index contributed by atoms with van der Waals surface area (Å²) in [6.45, 7) is 0.126. The van der Waals surface area contributed by atoms with Crippen LogP contribution >= 0.6 is 22.9 Å². The number of rotatable bonds is 5. The summed E-state index contributed by atoms with van der Waals surface area (Å²) in [5.41, 5.74) is -2.01. The van der Waals surface area contributed by atoms with Crippen molar-refractivity contribution < 1.29 is 33.3 Å². The first-order valence-corrected chi connectivity index (χ1v) is 12.1. The van der Waals surface area contributed by atoms with Crippen molar-refractivity contribution >= 4 is 46.1 Å². The number of hydrogen-bond donors (Lipinski definition) is 3. The number of aliphatic hydroxyl groups excluding tert-OH is 1. The first-order chi connectivity index (χ1) is 17.0. The number of benzene rings is 2. The van der Waals surface area contributed by atoms with E-state index in [0.717, 1.165) is 16.5 Å². The third-order valence-electron chi connectivity index (χ3n) is 6.19. The lowest BCUT2D eigenvalue weighted by molar-refractivity contribution is -0.205. The molecule has 2 amide bonds. The van der Waals surface area contributed by atoms with Gasteiger partial charge in [-0.25, -0.2) is 8.78 Å². The maximum absolute atomic E-state index is 15.0. The van der Waals surface area contributed by atoms with E-state index in [4.69, 9.17) is 16.3 Å². The minimum Gasteiger partial charge on any atom is -0.495 e. The number of alkyl halides is 2. The summed E-state index contributed by atoms with van der Waals surface area (Å²) in [5, 5.41) is 25.1. The topological polar surface area (TPSA) is 99.1 Å². The molecule has 11 heteroatoms. The molecule has 1 atom stereocenters. The lowest BCUT2D eigenvalue weighted by Gasteiger charge is -2.33. The van der Waals surface area contributed by atoms with Crippen LogP contribution in [0.4, 0.5) is 20.2 Å². The first-order valence-electron chi connectivity index (χ1n) is 10.9. The molecule has 2 heterocycles. The lowest BCUT2D eigenvalue weighted by atomic mass is 9.86. The van der Waals surface area contributed by atoms with Crippen molar-refractivity contribution in [3.8, 4) is 5.75 Å². The van der Waals surface area contributed by atoms with Gasteiger partial charge in [0.2, 0.25) is 0 Å². The number of hydrogen-bond acceptors (Lipinski definition) is 6. The standard InChI is InChI=1S/C25H23ClF2N2O5S/c1-14-7-10-36-21(14)22(32)29-18-5-3-15(11-20(18)35-2)23(33)30-9-8-25(27,28)24(34,13-31)17-12-16(26)4-6-19(17)30/h3-7,10-12,31,34H,8-9,13H2,1-2H3,(H,29,32)/t24-/m0/s1. The van der Waals surface area contributed by atoms with E-state index in [9.17, 15) is 28.6 Å². The van der Waals surface area contributed by atoms with E-state index in [1.54, 1.807) is 5.38 Å². The largest absolute Gasteiger partial charge is 0.495 e. The van der Waals surface area contributed by atoms with Crippen LogP contribution in [0.2, 0.25) is 5.02 Å². The fourth-order valence-corrected chi connectivity index (χ4v) is 5.12. The van der Waals surface area contributed by atoms with Gasteiger partial charge in [0.25, 0.3) is 17.7 Å². The second-order valence-electron chi connectivity index (χ2n) is 8.39. The smallest absolute Gasteiger partial charge is 0.284 e. The second kappa shape index (κ2) is 9.78. The van der Waals surface area contributed by atoms with Crippen LogP contribution in [0.3, 0.4) is 0 Å². The molecular formula is C25H23ClF2N2O5S. The molecule has 1 aliphatic heterocycles. The number of ether oxygens (including phenoxy) is 1. The molecule has 0 radical (unpaired) electrons. The summed E-state index contributed by atoms with van der Waals surface area (Å²) in [7, 11) is 1.38. The second-order valence-corrected chi connectivity index (χ2v) is 9.75. The summed E-state index contributed by atoms with van der Waals surface area (Å²) >= 11 is 7.30. The Balaban J connectivity index is 1.70. The summed E-state index contributed by atoms with van der Waals surface area (Å²) in [6, 6.07) is 10.0. The van der Waals surface area contributed by atoms with Gasteiger partial charge in [-0.15, -0.1) is 11.3 Å². The molecule has 3 N–H and O–H groups in total. The molecule has 1 aromatic heterocycles. The molecular weight excluding hydrogens is 514 g/mol. The number of fused-ring (bicyclic) bond motifs is 1. The van der Waals surface area contributed by atoms with Crippen molar-refractivity contribution in [2.75, 3.05) is 30.5 Å². The van der Waals surface area contributed by atoms with E-state index in [0.29, 0.717) is 10.6 Å². The van der Waals surface area contributed by atoms with E-state index >= 15 is 0 Å². The molecule has 36 heavy (non-hydrogen) atoms. The van der Waals surface area contributed by atoms with E-state index in [1.807, 2.05) is 13.0 Å². The number of methoxy groups -OCH3 is 1. The van der Waals surface area contributed by atoms with Crippen LogP contribution in [0, 0.1) is 6.92 Å². The molecule has 0 saturated heterocycles. The summed E-state index contributed by atoms with van der Waals surface area (Å²) in [6.07, 6.45) is -0.895. The van der Waals surface area contributed by atoms with Gasteiger partial charge in [-0.05, 0) is 60.3 Å². The zero-order chi connectivity index (χ0) is 26.3. The lowest BCUT2D eigenvalue weighted by Crippen LogP contribution is -2.48. The number of aryl methyl sites for hydroxylation is 1. The Labute approximate surface area is 214 Å². The van der Waals surface area contributed by atoms with E-state index in [-0.39, 0.29) is 33.5 Å². The number of aliphatic hydroxyl groups is 2. The van der Waals surface area contributed by atoms with Gasteiger partial charge in [0.05, 0.1) is 30.0 Å². The highest BCUT2D eigenvalue weighted by atomic mass is 35.5. The van der Waals surface area contributed by atoms with Gasteiger partial charge < -0.3 is 25.2 Å². The number of nitrogens with one attached hydrogen (secondary N) is 1. The van der Waals surface area contributed by atoms with Crippen LogP contribution in [-0.4, -0.2) is 48.2 Å². The Kier molecular flexibility index (Phi) is 7.07. The Morgan fingerprint density at radius 2 is 1.97 bits per heavy atom. The van der Waals surface area contributed by atoms with Gasteiger partial charge in [0.15, 0.2) is 5.60 Å². The van der Waals surface area contributed by atoms with Crippen molar-refractivity contribution in [2.24, 2.45) is 0 Å². The molecule has 3 aromatic rings. The number of halogens is 3. The maximum Gasteiger partial charge on any atom is 0.284 e. The molecule has 2 aromatic carbocycles. The van der Waals surface area contributed by atoms with Crippen molar-refractivity contribution in [1.29, 1.82) is 0 Å². The molecule has 7 nitrogen and oxygen atoms in total. The zero-order valence-corrected chi connectivity index (χ0v) is 20.9. The fraction of sp³-hybridized carbons (Fsp3) is 0.280. The Morgan fingerprint density at radius 3 is 2.61 bits per heavy atom. The van der Waals surface area contributed by atoms with Gasteiger partial charge in [0.1, 0.15) is 5.75 Å². The number of thiophene rings is 1. The molecule has 0 saturated carbocycles. The van der Waals surface area contributed by atoms with E-state index in [1.165, 1.54) is 48.8 Å². The highest BCUT2D eigenvalue weighted by molar-refractivity contribution is 7.12. The first kappa shape index (κ1) is 26.0. The van der Waals surface area contributed by atoms with Gasteiger partial charge in [0, 0.05) is 29.1 Å². The molecule has 1 aliphatic rings. The third-order valence-corrected chi connectivity index (χ3v) is 7.44. The summed E-state index contributed by atoms with van der Waals surface area (Å²) < 4.78 is 35.3. The van der Waals surface area contributed by atoms with Gasteiger partial charge in [-0.2, -0.15) is 0 Å². The average molecular weight is 537 g/mol. The minimum atomic E-state index is -3.73. The van der Waals surface area contributed by atoms with Gasteiger partial charge in [-0.1, -0.05) is 11.6 Å². The Hall–Kier alpha value is -3.05. The van der Waals surface area contributed by atoms with Crippen LogP contribution in [0.15, 0.2) is 47.8 Å². The van der Waals surface area contributed by atoms with Crippen molar-refractivity contribution in [3.63, 3.8) is 0 Å². The van der Waals surface area contributed by atoms with E-state index in [2.05, 4.69) is 5.32 Å². The number of nitrogens with zero attached hydrogens (tertiary/aromatic N) is 1. The zero-order valence-electron chi connectivity index (χ0n) is 19.3. The van der Waals surface area contributed by atoms with Gasteiger partial charge in [-0.3, -0.25) is 9.59 Å². The third kappa shape index (κ3) is 4.45. The van der Waals surface area contributed by atoms with Crippen molar-refractivity contribution in [1.82, 2.24) is 0 Å². The molecule has 0 unspecified atom stereocenters. The molecule has 190 valence electrons. The monoisotopic (exact) mass is 536 g/mol. The molecule has 4 rings (SSSR count). The minimum absolute atomic E-state index is 0.00245. The van der Waals surface area contributed by atoms with E-state index < -0.39 is 37.0 Å². The van der Waals surface area contributed by atoms with Crippen molar-refractivity contribution in [3.05, 3.63) is 74.4 Å². The SMILES string of the molecule is COc1cc(C(=O)N2CCC(F)(F)[C@](O)(CO)c3cc(Cl)ccc32)ccc1NC(=O)c1sccc1C. The Bertz CT molecular complexity index is 1330. The summed E-state index contributed by atoms with van der Waals surface area (Å²) in [5.74, 6) is -4.50. The highest BCUT2D eigenvalue weighted by Gasteiger charge is 2.56. The number of carbonyl (C=O) groups excluding carboxylic acids is 2. The normalized spacial score (nSPS) is 18.8. The molecule has 0 fully saturated rings. The Morgan fingerprint density at radius 1 is 1.22 bits per heavy atom. The maximum atomic E-state index is 15.0. The van der Waals surface area contributed by atoms with Gasteiger partial charge >= 0.3 is 0 Å². The quantitative estimate of drug-likeness (QED) is 0.433. The van der Waals surface area contributed by atoms with Crippen LogP contribution in [0.1, 0.15) is 37.6 Å². The van der Waals surface area contributed by atoms with Crippen LogP contribution < -0.4 is 15.0 Å². The molecule has 0 aliphatic carbocycles. The van der Waals surface area contributed by atoms with Crippen LogP contribution in [0.5, 0.6) is 5.75 Å².